The van der Waals surface area contributed by atoms with Crippen molar-refractivity contribution in [3.8, 4) is 17.1 Å². The molecule has 0 spiro atoms. The standard InChI is InChI=1S/C19H12ClFN6/c1-10-2-3-15-19(24-10)27(18(25-15)11-4-5-22-16(21)7-11)13-6-12-9-23-26-17(12)14(20)8-13/h2-9H,1H3,(H,23,26). The summed E-state index contributed by atoms with van der Waals surface area (Å²) < 4.78 is 15.6. The number of pyridine rings is 2. The summed E-state index contributed by atoms with van der Waals surface area (Å²) in [6.07, 6.45) is 3.12. The summed E-state index contributed by atoms with van der Waals surface area (Å²) in [4.78, 5) is 13.0. The molecule has 132 valence electrons. The van der Waals surface area contributed by atoms with Crippen LogP contribution < -0.4 is 0 Å². The second kappa shape index (κ2) is 5.85. The van der Waals surface area contributed by atoms with Gasteiger partial charge in [0, 0.05) is 28.9 Å². The fourth-order valence-corrected chi connectivity index (χ4v) is 3.42. The Hall–Kier alpha value is -3.32. The lowest BCUT2D eigenvalue weighted by molar-refractivity contribution is 0.584. The third-order valence-electron chi connectivity index (χ3n) is 4.37. The minimum absolute atomic E-state index is 0.529. The van der Waals surface area contributed by atoms with E-state index in [1.807, 2.05) is 35.8 Å². The summed E-state index contributed by atoms with van der Waals surface area (Å²) in [6, 6.07) is 10.6. The average Bonchev–Trinajstić information content (AvgIpc) is 3.26. The van der Waals surface area contributed by atoms with E-state index in [9.17, 15) is 4.39 Å². The van der Waals surface area contributed by atoms with Gasteiger partial charge in [0.1, 0.15) is 11.3 Å². The van der Waals surface area contributed by atoms with Gasteiger partial charge in [-0.05, 0) is 37.3 Å². The lowest BCUT2D eigenvalue weighted by Gasteiger charge is -2.10. The van der Waals surface area contributed by atoms with Crippen LogP contribution in [0.25, 0.3) is 39.1 Å². The number of benzene rings is 1. The lowest BCUT2D eigenvalue weighted by atomic mass is 10.2. The van der Waals surface area contributed by atoms with Crippen LogP contribution in [-0.4, -0.2) is 29.7 Å². The van der Waals surface area contributed by atoms with Crippen molar-refractivity contribution in [1.29, 1.82) is 0 Å². The van der Waals surface area contributed by atoms with E-state index in [2.05, 4.69) is 25.1 Å². The number of rotatable bonds is 2. The molecular weight excluding hydrogens is 367 g/mol. The van der Waals surface area contributed by atoms with E-state index in [1.54, 1.807) is 12.3 Å². The SMILES string of the molecule is Cc1ccc2nc(-c3ccnc(F)c3)n(-c3cc(Cl)c4[nH]ncc4c3)c2n1. The van der Waals surface area contributed by atoms with Crippen LogP contribution in [0.5, 0.6) is 0 Å². The molecule has 0 unspecified atom stereocenters. The molecule has 8 heteroatoms. The van der Waals surface area contributed by atoms with Gasteiger partial charge in [-0.2, -0.15) is 9.49 Å². The predicted molar refractivity (Wildman–Crippen MR) is 101 cm³/mol. The normalized spacial score (nSPS) is 11.5. The van der Waals surface area contributed by atoms with Crippen molar-refractivity contribution < 1.29 is 4.39 Å². The molecule has 0 bridgehead atoms. The maximum absolute atomic E-state index is 13.7. The number of aromatic amines is 1. The van der Waals surface area contributed by atoms with Crippen molar-refractivity contribution in [3.63, 3.8) is 0 Å². The highest BCUT2D eigenvalue weighted by Gasteiger charge is 2.18. The van der Waals surface area contributed by atoms with Crippen LogP contribution in [0.4, 0.5) is 4.39 Å². The molecule has 27 heavy (non-hydrogen) atoms. The van der Waals surface area contributed by atoms with E-state index in [0.29, 0.717) is 27.6 Å². The number of imidazole rings is 1. The van der Waals surface area contributed by atoms with Gasteiger partial charge in [-0.15, -0.1) is 0 Å². The molecular formula is C19H12ClFN6. The van der Waals surface area contributed by atoms with Gasteiger partial charge in [0.2, 0.25) is 5.95 Å². The van der Waals surface area contributed by atoms with Gasteiger partial charge in [-0.25, -0.2) is 15.0 Å². The molecule has 1 aromatic carbocycles. The number of aromatic nitrogens is 6. The van der Waals surface area contributed by atoms with E-state index in [1.165, 1.54) is 12.3 Å². The number of fused-ring (bicyclic) bond motifs is 2. The second-order valence-corrected chi connectivity index (χ2v) is 6.60. The quantitative estimate of drug-likeness (QED) is 0.460. The number of hydrogen-bond donors (Lipinski definition) is 1. The van der Waals surface area contributed by atoms with Crippen LogP contribution >= 0.6 is 11.6 Å². The minimum atomic E-state index is -0.571. The Labute approximate surface area is 157 Å². The average molecular weight is 379 g/mol. The first-order valence-corrected chi connectivity index (χ1v) is 8.59. The third kappa shape index (κ3) is 2.55. The molecule has 0 aliphatic carbocycles. The molecule has 0 aliphatic rings. The van der Waals surface area contributed by atoms with Gasteiger partial charge < -0.3 is 0 Å². The van der Waals surface area contributed by atoms with E-state index >= 15 is 0 Å². The number of hydrogen-bond acceptors (Lipinski definition) is 4. The highest BCUT2D eigenvalue weighted by atomic mass is 35.5. The number of halogens is 2. The Morgan fingerprint density at radius 1 is 1.11 bits per heavy atom. The highest BCUT2D eigenvalue weighted by Crippen LogP contribution is 2.32. The highest BCUT2D eigenvalue weighted by molar-refractivity contribution is 6.35. The van der Waals surface area contributed by atoms with E-state index in [4.69, 9.17) is 11.6 Å². The monoisotopic (exact) mass is 378 g/mol. The lowest BCUT2D eigenvalue weighted by Crippen LogP contribution is -2.00. The van der Waals surface area contributed by atoms with Crippen LogP contribution in [-0.2, 0) is 0 Å². The smallest absolute Gasteiger partial charge is 0.213 e. The van der Waals surface area contributed by atoms with Crippen LogP contribution in [0, 0.1) is 12.9 Å². The van der Waals surface area contributed by atoms with E-state index in [0.717, 1.165) is 22.3 Å². The molecule has 0 saturated carbocycles. The van der Waals surface area contributed by atoms with Gasteiger partial charge in [-0.3, -0.25) is 9.67 Å². The van der Waals surface area contributed by atoms with Crippen LogP contribution in [0.15, 0.2) is 48.8 Å². The van der Waals surface area contributed by atoms with E-state index < -0.39 is 5.95 Å². The Balaban J connectivity index is 1.88. The van der Waals surface area contributed by atoms with Crippen LogP contribution in [0.1, 0.15) is 5.69 Å². The number of nitrogens with zero attached hydrogens (tertiary/aromatic N) is 5. The third-order valence-corrected chi connectivity index (χ3v) is 4.67. The first kappa shape index (κ1) is 15.9. The molecule has 5 rings (SSSR count). The summed E-state index contributed by atoms with van der Waals surface area (Å²) in [5.41, 5.74) is 4.35. The molecule has 4 heterocycles. The Morgan fingerprint density at radius 2 is 2.00 bits per heavy atom. The van der Waals surface area contributed by atoms with Gasteiger partial charge in [-0.1, -0.05) is 11.6 Å². The number of aryl methyl sites for hydroxylation is 1. The number of nitrogens with one attached hydrogen (secondary N) is 1. The summed E-state index contributed by atoms with van der Waals surface area (Å²) in [5, 5.41) is 8.31. The van der Waals surface area contributed by atoms with Gasteiger partial charge in [0.05, 0.1) is 22.4 Å². The van der Waals surface area contributed by atoms with Crippen molar-refractivity contribution in [2.24, 2.45) is 0 Å². The number of H-pyrrole nitrogens is 1. The molecule has 0 amide bonds. The van der Waals surface area contributed by atoms with Crippen LogP contribution in [0.3, 0.4) is 0 Å². The van der Waals surface area contributed by atoms with Crippen molar-refractivity contribution in [2.75, 3.05) is 0 Å². The Bertz CT molecular complexity index is 1320. The van der Waals surface area contributed by atoms with Crippen LogP contribution in [0.2, 0.25) is 5.02 Å². The topological polar surface area (TPSA) is 72.3 Å². The molecule has 0 saturated heterocycles. The van der Waals surface area contributed by atoms with Crippen molar-refractivity contribution >= 4 is 33.7 Å². The zero-order valence-electron chi connectivity index (χ0n) is 14.1. The second-order valence-electron chi connectivity index (χ2n) is 6.20. The fourth-order valence-electron chi connectivity index (χ4n) is 3.16. The largest absolute Gasteiger partial charge is 0.277 e. The predicted octanol–water partition coefficient (Wildman–Crippen LogP) is 4.46. The zero-order chi connectivity index (χ0) is 18.5. The van der Waals surface area contributed by atoms with Crippen molar-refractivity contribution in [1.82, 2.24) is 29.7 Å². The van der Waals surface area contributed by atoms with Gasteiger partial charge >= 0.3 is 0 Å². The Kier molecular flexibility index (Phi) is 3.45. The zero-order valence-corrected chi connectivity index (χ0v) is 14.9. The minimum Gasteiger partial charge on any atom is -0.277 e. The molecule has 1 N–H and O–H groups in total. The molecule has 5 aromatic rings. The molecule has 4 aromatic heterocycles. The Morgan fingerprint density at radius 3 is 2.85 bits per heavy atom. The molecule has 0 radical (unpaired) electrons. The summed E-state index contributed by atoms with van der Waals surface area (Å²) in [5.74, 6) is -0.0122. The summed E-state index contributed by atoms with van der Waals surface area (Å²) >= 11 is 6.43. The van der Waals surface area contributed by atoms with E-state index in [-0.39, 0.29) is 0 Å². The molecule has 0 fully saturated rings. The maximum atomic E-state index is 13.7. The summed E-state index contributed by atoms with van der Waals surface area (Å²) in [6.45, 7) is 1.91. The van der Waals surface area contributed by atoms with Gasteiger partial charge in [0.25, 0.3) is 0 Å². The van der Waals surface area contributed by atoms with Crippen molar-refractivity contribution in [2.45, 2.75) is 6.92 Å². The maximum Gasteiger partial charge on any atom is 0.213 e. The first-order chi connectivity index (χ1) is 13.1. The summed E-state index contributed by atoms with van der Waals surface area (Å²) in [7, 11) is 0. The van der Waals surface area contributed by atoms with Gasteiger partial charge in [0.15, 0.2) is 5.65 Å². The fraction of sp³-hybridized carbons (Fsp3) is 0.0526. The first-order valence-electron chi connectivity index (χ1n) is 8.21. The van der Waals surface area contributed by atoms with Crippen molar-refractivity contribution in [3.05, 3.63) is 65.5 Å². The molecule has 6 nitrogen and oxygen atoms in total. The molecule has 0 atom stereocenters. The molecule has 0 aliphatic heterocycles.